The van der Waals surface area contributed by atoms with Crippen LogP contribution in [0.25, 0.3) is 0 Å². The molecule has 1 N–H and O–H groups in total. The highest BCUT2D eigenvalue weighted by Crippen LogP contribution is 2.23. The molecule has 0 saturated carbocycles. The Morgan fingerprint density at radius 1 is 1.17 bits per heavy atom. The van der Waals surface area contributed by atoms with Crippen molar-refractivity contribution in [3.05, 3.63) is 47.0 Å². The van der Waals surface area contributed by atoms with Crippen LogP contribution in [0.2, 0.25) is 0 Å². The van der Waals surface area contributed by atoms with Gasteiger partial charge in [0.2, 0.25) is 0 Å². The van der Waals surface area contributed by atoms with Crippen LogP contribution < -0.4 is 0 Å². The molecule has 2 saturated heterocycles. The third-order valence-electron chi connectivity index (χ3n) is 5.57. The Labute approximate surface area is 176 Å². The normalized spacial score (nSPS) is 22.8. The molecule has 1 aromatic carbocycles. The van der Waals surface area contributed by atoms with Gasteiger partial charge >= 0.3 is 5.97 Å². The first-order valence-corrected chi connectivity index (χ1v) is 10.5. The Hall–Kier alpha value is -2.71. The molecule has 8 nitrogen and oxygen atoms in total. The second-order valence-corrected chi connectivity index (χ2v) is 7.81. The van der Waals surface area contributed by atoms with Crippen molar-refractivity contribution in [2.45, 2.75) is 25.4 Å². The van der Waals surface area contributed by atoms with Gasteiger partial charge in [0.1, 0.15) is 0 Å². The number of hydrazone groups is 1. The van der Waals surface area contributed by atoms with Gasteiger partial charge in [0.15, 0.2) is 6.10 Å². The highest BCUT2D eigenvalue weighted by atomic mass is 16.6. The van der Waals surface area contributed by atoms with E-state index in [0.29, 0.717) is 0 Å². The summed E-state index contributed by atoms with van der Waals surface area (Å²) in [6, 6.07) is 8.21. The lowest BCUT2D eigenvalue weighted by Gasteiger charge is -2.27. The van der Waals surface area contributed by atoms with Gasteiger partial charge in [-0.1, -0.05) is 35.0 Å². The van der Waals surface area contributed by atoms with Crippen molar-refractivity contribution in [3.63, 3.8) is 0 Å². The van der Waals surface area contributed by atoms with Gasteiger partial charge in [-0.05, 0) is 30.0 Å². The minimum atomic E-state index is -0.766. The second kappa shape index (κ2) is 9.86. The van der Waals surface area contributed by atoms with Crippen molar-refractivity contribution in [2.75, 3.05) is 45.9 Å². The number of aliphatic carboxylic acids is 1. The maximum Gasteiger partial charge on any atom is 0.317 e. The van der Waals surface area contributed by atoms with Crippen molar-refractivity contribution in [1.29, 1.82) is 0 Å². The molecule has 160 valence electrons. The summed E-state index contributed by atoms with van der Waals surface area (Å²) in [5.74, 6) is -0.766. The largest absolute Gasteiger partial charge is 0.480 e. The number of hydrogen-bond donors (Lipinski definition) is 1. The number of carboxylic acids is 1. The van der Waals surface area contributed by atoms with Gasteiger partial charge in [-0.3, -0.25) is 14.7 Å². The number of carboxylic acid groups (broad SMARTS) is 1. The van der Waals surface area contributed by atoms with Crippen LogP contribution in [0.15, 0.2) is 46.2 Å². The van der Waals surface area contributed by atoms with Crippen LogP contribution in [0.5, 0.6) is 0 Å². The molecule has 1 unspecified atom stereocenters. The zero-order chi connectivity index (χ0) is 20.8. The van der Waals surface area contributed by atoms with E-state index in [1.165, 1.54) is 5.57 Å². The van der Waals surface area contributed by atoms with Gasteiger partial charge in [0.25, 0.3) is 0 Å². The van der Waals surface area contributed by atoms with Crippen LogP contribution in [0.4, 0.5) is 0 Å². The van der Waals surface area contributed by atoms with Crippen LogP contribution in [0.3, 0.4) is 0 Å². The van der Waals surface area contributed by atoms with E-state index in [9.17, 15) is 4.79 Å². The van der Waals surface area contributed by atoms with Crippen molar-refractivity contribution >= 4 is 17.9 Å². The molecule has 0 aromatic heterocycles. The molecule has 1 atom stereocenters. The summed E-state index contributed by atoms with van der Waals surface area (Å²) in [5, 5.41) is 19.7. The summed E-state index contributed by atoms with van der Waals surface area (Å²) in [5.41, 5.74) is 4.40. The van der Waals surface area contributed by atoms with E-state index >= 15 is 0 Å². The Bertz CT molecular complexity index is 818. The van der Waals surface area contributed by atoms with E-state index in [0.717, 1.165) is 75.5 Å². The van der Waals surface area contributed by atoms with Gasteiger partial charge in [-0.2, -0.15) is 5.10 Å². The lowest BCUT2D eigenvalue weighted by atomic mass is 9.98. The number of rotatable bonds is 6. The van der Waals surface area contributed by atoms with E-state index in [2.05, 4.69) is 28.5 Å². The maximum absolute atomic E-state index is 10.8. The van der Waals surface area contributed by atoms with E-state index in [-0.39, 0.29) is 12.6 Å². The fourth-order valence-corrected chi connectivity index (χ4v) is 3.85. The predicted molar refractivity (Wildman–Crippen MR) is 114 cm³/mol. The molecule has 4 rings (SSSR count). The van der Waals surface area contributed by atoms with E-state index in [4.69, 9.17) is 14.7 Å². The average molecular weight is 412 g/mol. The number of hydrogen-bond acceptors (Lipinski definition) is 7. The molecule has 0 radical (unpaired) electrons. The summed E-state index contributed by atoms with van der Waals surface area (Å²) >= 11 is 0. The van der Waals surface area contributed by atoms with Crippen LogP contribution in [-0.4, -0.2) is 85.0 Å². The molecule has 3 aliphatic rings. The van der Waals surface area contributed by atoms with E-state index in [1.807, 2.05) is 28.3 Å². The van der Waals surface area contributed by atoms with Crippen molar-refractivity contribution in [1.82, 2.24) is 9.91 Å². The molecule has 0 spiro atoms. The number of ether oxygens (including phenoxy) is 1. The molecular formula is C22H28N4O4. The van der Waals surface area contributed by atoms with Gasteiger partial charge in [-0.15, -0.1) is 0 Å². The third kappa shape index (κ3) is 5.67. The number of nitrogens with zero attached hydrogens (tertiary/aromatic N) is 4. The highest BCUT2D eigenvalue weighted by molar-refractivity contribution is 6.01. The summed E-state index contributed by atoms with van der Waals surface area (Å²) in [4.78, 5) is 18.4. The standard InChI is InChI=1S/C22H28N4O4/c27-22(28)16-25-7-5-17(6-8-25)13-20-14-21(24-30-20)19-3-1-18(2-4-19)15-23-26-9-11-29-12-10-26/h1-4,13,15,20H,5-12,14,16H2,(H,27,28). The summed E-state index contributed by atoms with van der Waals surface area (Å²) in [6.45, 7) is 4.81. The second-order valence-electron chi connectivity index (χ2n) is 7.81. The molecule has 2 fully saturated rings. The number of oxime groups is 1. The monoisotopic (exact) mass is 412 g/mol. The van der Waals surface area contributed by atoms with Gasteiger partial charge in [0.05, 0.1) is 44.8 Å². The maximum atomic E-state index is 10.8. The molecule has 0 aliphatic carbocycles. The van der Waals surface area contributed by atoms with Crippen molar-refractivity contribution in [2.24, 2.45) is 10.3 Å². The van der Waals surface area contributed by atoms with Crippen LogP contribution in [0.1, 0.15) is 30.4 Å². The van der Waals surface area contributed by atoms with Crippen LogP contribution in [-0.2, 0) is 14.4 Å². The van der Waals surface area contributed by atoms with Gasteiger partial charge < -0.3 is 14.7 Å². The number of carbonyl (C=O) groups is 1. The van der Waals surface area contributed by atoms with Gasteiger partial charge in [0, 0.05) is 19.5 Å². The average Bonchev–Trinajstić information content (AvgIpc) is 3.23. The van der Waals surface area contributed by atoms with Crippen molar-refractivity contribution in [3.8, 4) is 0 Å². The molecule has 30 heavy (non-hydrogen) atoms. The summed E-state index contributed by atoms with van der Waals surface area (Å²) in [7, 11) is 0. The Morgan fingerprint density at radius 2 is 1.90 bits per heavy atom. The molecule has 3 aliphatic heterocycles. The lowest BCUT2D eigenvalue weighted by Crippen LogP contribution is -2.35. The number of likely N-dealkylation sites (tertiary alicyclic amines) is 1. The topological polar surface area (TPSA) is 87.0 Å². The minimum absolute atomic E-state index is 0.0383. The fourth-order valence-electron chi connectivity index (χ4n) is 3.85. The Kier molecular flexibility index (Phi) is 6.76. The molecule has 0 amide bonds. The smallest absolute Gasteiger partial charge is 0.317 e. The molecule has 8 heteroatoms. The Balaban J connectivity index is 1.27. The van der Waals surface area contributed by atoms with Crippen LogP contribution in [0, 0.1) is 0 Å². The first kappa shape index (κ1) is 20.6. The molecule has 1 aromatic rings. The van der Waals surface area contributed by atoms with Gasteiger partial charge in [-0.25, -0.2) is 0 Å². The molecule has 3 heterocycles. The van der Waals surface area contributed by atoms with Crippen LogP contribution >= 0.6 is 0 Å². The SMILES string of the molecule is O=C(O)CN1CCC(=CC2CC(c3ccc(C=NN4CCOCC4)cc3)=NO2)CC1. The summed E-state index contributed by atoms with van der Waals surface area (Å²) in [6.07, 6.45) is 6.54. The number of piperidine rings is 1. The fraction of sp³-hybridized carbons (Fsp3) is 0.500. The third-order valence-corrected chi connectivity index (χ3v) is 5.57. The number of morpholine rings is 1. The van der Waals surface area contributed by atoms with E-state index in [1.54, 1.807) is 0 Å². The molecule has 0 bridgehead atoms. The van der Waals surface area contributed by atoms with Crippen molar-refractivity contribution < 1.29 is 19.5 Å². The minimum Gasteiger partial charge on any atom is -0.480 e. The number of benzene rings is 1. The predicted octanol–water partition coefficient (Wildman–Crippen LogP) is 1.95. The zero-order valence-electron chi connectivity index (χ0n) is 17.1. The first-order chi connectivity index (χ1) is 14.7. The van der Waals surface area contributed by atoms with E-state index < -0.39 is 5.97 Å². The Morgan fingerprint density at radius 3 is 2.60 bits per heavy atom. The summed E-state index contributed by atoms with van der Waals surface area (Å²) < 4.78 is 5.33. The highest BCUT2D eigenvalue weighted by Gasteiger charge is 2.23. The zero-order valence-corrected chi connectivity index (χ0v) is 17.1. The quantitative estimate of drug-likeness (QED) is 0.568. The first-order valence-electron chi connectivity index (χ1n) is 10.5. The molecular weight excluding hydrogens is 384 g/mol. The lowest BCUT2D eigenvalue weighted by molar-refractivity contribution is -0.138.